The molecule has 0 spiro atoms. The summed E-state index contributed by atoms with van der Waals surface area (Å²) in [6.07, 6.45) is 2.15. The molecule has 1 aromatic carbocycles. The number of rotatable bonds is 7. The lowest BCUT2D eigenvalue weighted by atomic mass is 9.97. The maximum atomic E-state index is 15.2. The van der Waals surface area contributed by atoms with E-state index in [1.807, 2.05) is 33.9 Å². The Morgan fingerprint density at radius 1 is 1.26 bits per heavy atom. The van der Waals surface area contributed by atoms with Gasteiger partial charge in [-0.2, -0.15) is 8.78 Å². The molecular weight excluding hydrogens is 423 g/mol. The van der Waals surface area contributed by atoms with E-state index in [2.05, 4.69) is 16.6 Å². The number of ether oxygens (including phenoxy) is 1. The number of alkyl halides is 2. The number of likely N-dealkylation sites (tertiary alicyclic amines) is 1. The lowest BCUT2D eigenvalue weighted by Crippen LogP contribution is -2.43. The van der Waals surface area contributed by atoms with Crippen molar-refractivity contribution >= 4 is 14.3 Å². The Bertz CT molecular complexity index is 793. The van der Waals surface area contributed by atoms with E-state index in [1.165, 1.54) is 12.1 Å². The monoisotopic (exact) mass is 459 g/mol. The van der Waals surface area contributed by atoms with Gasteiger partial charge in [-0.25, -0.2) is 9.18 Å². The summed E-state index contributed by atoms with van der Waals surface area (Å²) in [5.41, 5.74) is -0.806. The first-order chi connectivity index (χ1) is 14.2. The third-order valence-corrected chi connectivity index (χ3v) is 11.0. The summed E-state index contributed by atoms with van der Waals surface area (Å²) < 4.78 is 55.8. The van der Waals surface area contributed by atoms with E-state index in [-0.39, 0.29) is 5.04 Å². The SMILES string of the molecule is COC(=O)c1cc(CN2CCC[C@H](C)C2)cc(C(F)(F)CO[Si](C)(C)C(C)(C)C)c1F. The van der Waals surface area contributed by atoms with Crippen molar-refractivity contribution in [2.75, 3.05) is 26.8 Å². The number of hydrogen-bond acceptors (Lipinski definition) is 4. The van der Waals surface area contributed by atoms with E-state index in [9.17, 15) is 4.79 Å². The number of carbonyl (C=O) groups is 1. The molecule has 0 N–H and O–H groups in total. The van der Waals surface area contributed by atoms with Crippen LogP contribution in [0.5, 0.6) is 0 Å². The lowest BCUT2D eigenvalue weighted by molar-refractivity contribution is -0.0537. The van der Waals surface area contributed by atoms with E-state index in [0.717, 1.165) is 33.0 Å². The predicted molar refractivity (Wildman–Crippen MR) is 118 cm³/mol. The van der Waals surface area contributed by atoms with Gasteiger partial charge in [-0.05, 0) is 61.1 Å². The summed E-state index contributed by atoms with van der Waals surface area (Å²) >= 11 is 0. The normalized spacial score (nSPS) is 18.8. The molecule has 0 saturated carbocycles. The second kappa shape index (κ2) is 9.63. The Kier molecular flexibility index (Phi) is 8.03. The Labute approximate surface area is 185 Å². The fraction of sp³-hybridized carbons (Fsp3) is 0.696. The molecule has 8 heteroatoms. The Balaban J connectivity index is 2.38. The number of halogens is 3. The van der Waals surface area contributed by atoms with Gasteiger partial charge in [0.2, 0.25) is 0 Å². The Morgan fingerprint density at radius 3 is 2.45 bits per heavy atom. The molecule has 0 radical (unpaired) electrons. The van der Waals surface area contributed by atoms with Crippen LogP contribution in [-0.2, 0) is 21.6 Å². The number of methoxy groups -OCH3 is 1. The van der Waals surface area contributed by atoms with Crippen molar-refractivity contribution in [3.05, 3.63) is 34.6 Å². The van der Waals surface area contributed by atoms with Crippen LogP contribution >= 0.6 is 0 Å². The van der Waals surface area contributed by atoms with Crippen LogP contribution in [-0.4, -0.2) is 46.0 Å². The van der Waals surface area contributed by atoms with Crippen molar-refractivity contribution in [1.29, 1.82) is 0 Å². The van der Waals surface area contributed by atoms with Crippen molar-refractivity contribution in [3.63, 3.8) is 0 Å². The van der Waals surface area contributed by atoms with E-state index in [4.69, 9.17) is 4.43 Å². The highest BCUT2D eigenvalue weighted by Crippen LogP contribution is 2.40. The number of hydrogen-bond donors (Lipinski definition) is 0. The molecule has 0 bridgehead atoms. The van der Waals surface area contributed by atoms with Gasteiger partial charge in [-0.1, -0.05) is 27.7 Å². The zero-order chi connectivity index (χ0) is 23.6. The summed E-state index contributed by atoms with van der Waals surface area (Å²) in [7, 11) is -1.36. The molecule has 1 heterocycles. The first kappa shape index (κ1) is 25.9. The third-order valence-electron chi connectivity index (χ3n) is 6.50. The zero-order valence-electron chi connectivity index (χ0n) is 19.8. The maximum Gasteiger partial charge on any atom is 0.340 e. The molecule has 0 amide bonds. The van der Waals surface area contributed by atoms with Crippen LogP contribution in [0.25, 0.3) is 0 Å². The van der Waals surface area contributed by atoms with Gasteiger partial charge in [0.1, 0.15) is 12.4 Å². The molecule has 1 aromatic rings. The summed E-state index contributed by atoms with van der Waals surface area (Å²) in [5.74, 6) is -5.28. The summed E-state index contributed by atoms with van der Waals surface area (Å²) in [5, 5.41) is -0.258. The van der Waals surface area contributed by atoms with E-state index >= 15 is 13.2 Å². The summed E-state index contributed by atoms with van der Waals surface area (Å²) in [6.45, 7) is 12.9. The van der Waals surface area contributed by atoms with E-state index < -0.39 is 43.8 Å². The smallest absolute Gasteiger partial charge is 0.340 e. The average Bonchev–Trinajstić information content (AvgIpc) is 2.66. The van der Waals surface area contributed by atoms with E-state index in [1.54, 1.807) is 0 Å². The van der Waals surface area contributed by atoms with E-state index in [0.29, 0.717) is 18.0 Å². The standard InChI is InChI=1S/C23H36F3NO3Si/c1-16-9-8-10-27(13-16)14-17-11-18(21(28)29-5)20(24)19(12-17)23(25,26)15-30-31(6,7)22(2,3)4/h11-12,16H,8-10,13-15H2,1-7H3/t16-/m0/s1. The molecule has 4 nitrogen and oxygen atoms in total. The van der Waals surface area contributed by atoms with Gasteiger partial charge in [0.05, 0.1) is 18.2 Å². The van der Waals surface area contributed by atoms with Crippen LogP contribution in [0.15, 0.2) is 12.1 Å². The van der Waals surface area contributed by atoms with Gasteiger partial charge >= 0.3 is 5.97 Å². The maximum absolute atomic E-state index is 15.2. The molecule has 1 aliphatic rings. The summed E-state index contributed by atoms with van der Waals surface area (Å²) in [4.78, 5) is 14.3. The molecule has 1 atom stereocenters. The quantitative estimate of drug-likeness (QED) is 0.373. The number of esters is 1. The van der Waals surface area contributed by atoms with Crippen LogP contribution in [0.1, 0.15) is 62.0 Å². The van der Waals surface area contributed by atoms with Crippen LogP contribution in [0, 0.1) is 11.7 Å². The van der Waals surface area contributed by atoms with Crippen molar-refractivity contribution in [1.82, 2.24) is 4.90 Å². The van der Waals surface area contributed by atoms with Crippen LogP contribution in [0.3, 0.4) is 0 Å². The number of nitrogens with zero attached hydrogens (tertiary/aromatic N) is 1. The van der Waals surface area contributed by atoms with Gasteiger partial charge in [-0.3, -0.25) is 4.90 Å². The minimum atomic E-state index is -3.58. The first-order valence-electron chi connectivity index (χ1n) is 10.8. The molecule has 0 unspecified atom stereocenters. The highest BCUT2D eigenvalue weighted by Gasteiger charge is 2.43. The van der Waals surface area contributed by atoms with Crippen molar-refractivity contribution in [3.8, 4) is 0 Å². The molecule has 176 valence electrons. The van der Waals surface area contributed by atoms with Crippen molar-refractivity contribution in [2.45, 2.75) is 71.1 Å². The molecule has 0 aliphatic carbocycles. The second-order valence-electron chi connectivity index (χ2n) is 10.2. The number of benzene rings is 1. The number of piperidine rings is 1. The molecule has 1 aliphatic heterocycles. The first-order valence-corrected chi connectivity index (χ1v) is 13.7. The van der Waals surface area contributed by atoms with Gasteiger partial charge in [-0.15, -0.1) is 0 Å². The summed E-state index contributed by atoms with van der Waals surface area (Å²) in [6, 6.07) is 2.50. The Hall–Kier alpha value is -1.38. The average molecular weight is 460 g/mol. The Morgan fingerprint density at radius 2 is 1.90 bits per heavy atom. The third kappa shape index (κ3) is 6.32. The lowest BCUT2D eigenvalue weighted by Gasteiger charge is -2.37. The highest BCUT2D eigenvalue weighted by molar-refractivity contribution is 6.74. The van der Waals surface area contributed by atoms with Crippen LogP contribution in [0.2, 0.25) is 18.1 Å². The molecule has 31 heavy (non-hydrogen) atoms. The van der Waals surface area contributed by atoms with Crippen LogP contribution < -0.4 is 0 Å². The molecule has 0 aromatic heterocycles. The predicted octanol–water partition coefficient (Wildman–Crippen LogP) is 5.96. The molecule has 1 saturated heterocycles. The fourth-order valence-electron chi connectivity index (χ4n) is 3.55. The largest absolute Gasteiger partial charge is 0.465 e. The van der Waals surface area contributed by atoms with Gasteiger partial charge in [0.25, 0.3) is 5.92 Å². The van der Waals surface area contributed by atoms with Crippen LogP contribution in [0.4, 0.5) is 13.2 Å². The molecule has 1 fully saturated rings. The van der Waals surface area contributed by atoms with Crippen molar-refractivity contribution in [2.24, 2.45) is 5.92 Å². The minimum absolute atomic E-state index is 0.258. The second-order valence-corrected chi connectivity index (χ2v) is 15.0. The minimum Gasteiger partial charge on any atom is -0.465 e. The topological polar surface area (TPSA) is 38.8 Å². The van der Waals surface area contributed by atoms with Gasteiger partial charge in [0.15, 0.2) is 8.32 Å². The van der Waals surface area contributed by atoms with Gasteiger partial charge in [0, 0.05) is 13.1 Å². The van der Waals surface area contributed by atoms with Crippen molar-refractivity contribution < 1.29 is 27.1 Å². The molecular formula is C23H36F3NO3Si. The highest BCUT2D eigenvalue weighted by atomic mass is 28.4. The zero-order valence-corrected chi connectivity index (χ0v) is 20.8. The molecule has 2 rings (SSSR count). The number of carbonyl (C=O) groups excluding carboxylic acids is 1. The fourth-order valence-corrected chi connectivity index (χ4v) is 4.53. The van der Waals surface area contributed by atoms with Gasteiger partial charge < -0.3 is 9.16 Å².